The molecule has 0 aliphatic carbocycles. The van der Waals surface area contributed by atoms with Crippen LogP contribution in [0.15, 0.2) is 11.2 Å². The average Bonchev–Trinajstić information content (AvgIpc) is 3.24. The first-order valence-electron chi connectivity index (χ1n) is 8.34. The number of hydrogen-bond donors (Lipinski definition) is 1. The largest absolute Gasteiger partial charge is 0.350 e. The van der Waals surface area contributed by atoms with Crippen molar-refractivity contribution in [2.75, 3.05) is 39.8 Å². The minimum atomic E-state index is 0.776. The van der Waals surface area contributed by atoms with Crippen LogP contribution in [-0.2, 0) is 6.54 Å². The highest BCUT2D eigenvalue weighted by Crippen LogP contribution is 2.20. The van der Waals surface area contributed by atoms with E-state index in [2.05, 4.69) is 32.0 Å². The maximum atomic E-state index is 4.45. The number of aromatic nitrogens is 1. The molecule has 1 unspecified atom stereocenters. The van der Waals surface area contributed by atoms with Gasteiger partial charge in [-0.05, 0) is 45.2 Å². The van der Waals surface area contributed by atoms with Gasteiger partial charge in [-0.1, -0.05) is 0 Å². The molecule has 3 heterocycles. The van der Waals surface area contributed by atoms with Gasteiger partial charge in [0.15, 0.2) is 5.96 Å². The number of thiazole rings is 1. The van der Waals surface area contributed by atoms with Crippen molar-refractivity contribution < 1.29 is 0 Å². The van der Waals surface area contributed by atoms with Gasteiger partial charge in [-0.2, -0.15) is 0 Å². The number of guanidine groups is 1. The van der Waals surface area contributed by atoms with Crippen molar-refractivity contribution in [1.29, 1.82) is 0 Å². The molecule has 2 fully saturated rings. The van der Waals surface area contributed by atoms with Gasteiger partial charge in [-0.25, -0.2) is 4.98 Å². The van der Waals surface area contributed by atoms with Gasteiger partial charge in [0.2, 0.25) is 0 Å². The van der Waals surface area contributed by atoms with Crippen LogP contribution >= 0.6 is 11.3 Å². The van der Waals surface area contributed by atoms with Crippen molar-refractivity contribution in [3.8, 4) is 0 Å². The maximum absolute atomic E-state index is 4.45. The molecule has 22 heavy (non-hydrogen) atoms. The van der Waals surface area contributed by atoms with E-state index in [0.717, 1.165) is 36.5 Å². The molecule has 2 saturated heterocycles. The molecule has 0 spiro atoms. The van der Waals surface area contributed by atoms with Crippen molar-refractivity contribution in [2.24, 2.45) is 10.9 Å². The highest BCUT2D eigenvalue weighted by molar-refractivity contribution is 7.11. The third-order valence-corrected chi connectivity index (χ3v) is 5.49. The quantitative estimate of drug-likeness (QED) is 0.680. The minimum absolute atomic E-state index is 0.776. The van der Waals surface area contributed by atoms with Crippen LogP contribution < -0.4 is 5.32 Å². The number of hydrogen-bond acceptors (Lipinski definition) is 4. The van der Waals surface area contributed by atoms with Gasteiger partial charge in [0, 0.05) is 37.8 Å². The number of nitrogens with zero attached hydrogens (tertiary/aromatic N) is 4. The number of nitrogens with one attached hydrogen (secondary N) is 1. The molecule has 1 N–H and O–H groups in total. The molecule has 6 heteroatoms. The molecule has 1 aromatic heterocycles. The molecule has 3 rings (SSSR count). The van der Waals surface area contributed by atoms with E-state index >= 15 is 0 Å². The Hall–Kier alpha value is -1.14. The van der Waals surface area contributed by atoms with E-state index in [0.29, 0.717) is 0 Å². The highest BCUT2D eigenvalue weighted by Gasteiger charge is 2.27. The third-order valence-electron chi connectivity index (χ3n) is 4.58. The van der Waals surface area contributed by atoms with E-state index in [1.807, 2.05) is 13.2 Å². The van der Waals surface area contributed by atoms with E-state index in [-0.39, 0.29) is 0 Å². The van der Waals surface area contributed by atoms with Crippen molar-refractivity contribution in [1.82, 2.24) is 20.1 Å². The molecule has 0 saturated carbocycles. The highest BCUT2D eigenvalue weighted by atomic mass is 32.1. The number of rotatable bonds is 4. The fourth-order valence-corrected chi connectivity index (χ4v) is 4.20. The van der Waals surface area contributed by atoms with E-state index in [1.165, 1.54) is 43.8 Å². The Labute approximate surface area is 137 Å². The summed E-state index contributed by atoms with van der Waals surface area (Å²) in [5.74, 6) is 1.82. The van der Waals surface area contributed by atoms with Crippen molar-refractivity contribution >= 4 is 17.3 Å². The van der Waals surface area contributed by atoms with Gasteiger partial charge in [0.1, 0.15) is 5.01 Å². The minimum Gasteiger partial charge on any atom is -0.350 e. The zero-order valence-corrected chi connectivity index (χ0v) is 14.5. The fourth-order valence-electron chi connectivity index (χ4n) is 3.47. The van der Waals surface area contributed by atoms with Gasteiger partial charge >= 0.3 is 0 Å². The Balaban J connectivity index is 1.47. The van der Waals surface area contributed by atoms with Crippen LogP contribution in [-0.4, -0.2) is 60.5 Å². The van der Waals surface area contributed by atoms with Crippen LogP contribution in [0.5, 0.6) is 0 Å². The topological polar surface area (TPSA) is 43.8 Å². The van der Waals surface area contributed by atoms with Gasteiger partial charge in [0.05, 0.1) is 6.54 Å². The first-order chi connectivity index (χ1) is 10.7. The lowest BCUT2D eigenvalue weighted by atomic mass is 10.1. The second-order valence-corrected chi connectivity index (χ2v) is 7.69. The molecule has 5 nitrogen and oxygen atoms in total. The first kappa shape index (κ1) is 15.7. The second kappa shape index (κ2) is 7.42. The Bertz CT molecular complexity index is 506. The van der Waals surface area contributed by atoms with E-state index < -0.39 is 0 Å². The SMILES string of the molecule is CN=C(NCc1ncc(C)s1)N1CCC(CN2CCCC2)C1. The van der Waals surface area contributed by atoms with Gasteiger partial charge in [-0.3, -0.25) is 4.99 Å². The summed E-state index contributed by atoms with van der Waals surface area (Å²) in [5, 5.41) is 4.60. The summed E-state index contributed by atoms with van der Waals surface area (Å²) in [6.07, 6.45) is 5.99. The Morgan fingerprint density at radius 1 is 1.41 bits per heavy atom. The van der Waals surface area contributed by atoms with Crippen molar-refractivity contribution in [3.63, 3.8) is 0 Å². The molecular weight excluding hydrogens is 294 g/mol. The fraction of sp³-hybridized carbons (Fsp3) is 0.750. The smallest absolute Gasteiger partial charge is 0.194 e. The molecule has 122 valence electrons. The number of likely N-dealkylation sites (tertiary alicyclic amines) is 2. The molecule has 2 aliphatic heterocycles. The third kappa shape index (κ3) is 3.98. The summed E-state index contributed by atoms with van der Waals surface area (Å²) in [6, 6.07) is 0. The molecule has 1 atom stereocenters. The van der Waals surface area contributed by atoms with Gasteiger partial charge in [0.25, 0.3) is 0 Å². The summed E-state index contributed by atoms with van der Waals surface area (Å²) in [5.41, 5.74) is 0. The Kier molecular flexibility index (Phi) is 5.31. The summed E-state index contributed by atoms with van der Waals surface area (Å²) in [7, 11) is 1.88. The predicted molar refractivity (Wildman–Crippen MR) is 92.4 cm³/mol. The van der Waals surface area contributed by atoms with E-state index in [9.17, 15) is 0 Å². The normalized spacial score (nSPS) is 23.5. The zero-order chi connectivity index (χ0) is 15.4. The molecule has 0 bridgehead atoms. The number of aliphatic imine (C=N–C) groups is 1. The maximum Gasteiger partial charge on any atom is 0.194 e. The molecule has 1 aromatic rings. The molecular formula is C16H27N5S. The van der Waals surface area contributed by atoms with E-state index in [4.69, 9.17) is 0 Å². The van der Waals surface area contributed by atoms with Gasteiger partial charge in [-0.15, -0.1) is 11.3 Å². The lowest BCUT2D eigenvalue weighted by molar-refractivity contribution is 0.281. The summed E-state index contributed by atoms with van der Waals surface area (Å²) in [4.78, 5) is 15.2. The lowest BCUT2D eigenvalue weighted by Gasteiger charge is -2.23. The van der Waals surface area contributed by atoms with Crippen molar-refractivity contribution in [2.45, 2.75) is 32.7 Å². The zero-order valence-electron chi connectivity index (χ0n) is 13.7. The molecule has 0 aromatic carbocycles. The first-order valence-corrected chi connectivity index (χ1v) is 9.15. The van der Waals surface area contributed by atoms with Crippen molar-refractivity contribution in [3.05, 3.63) is 16.1 Å². The predicted octanol–water partition coefficient (Wildman–Crippen LogP) is 1.94. The number of aryl methyl sites for hydroxylation is 1. The molecule has 0 amide bonds. The van der Waals surface area contributed by atoms with Crippen LogP contribution in [0.4, 0.5) is 0 Å². The second-order valence-electron chi connectivity index (χ2n) is 6.37. The average molecular weight is 321 g/mol. The van der Waals surface area contributed by atoms with Gasteiger partial charge < -0.3 is 15.1 Å². The lowest BCUT2D eigenvalue weighted by Crippen LogP contribution is -2.40. The van der Waals surface area contributed by atoms with Crippen LogP contribution in [0, 0.1) is 12.8 Å². The summed E-state index contributed by atoms with van der Waals surface area (Å²) in [6.45, 7) is 8.99. The Morgan fingerprint density at radius 2 is 2.23 bits per heavy atom. The summed E-state index contributed by atoms with van der Waals surface area (Å²) < 4.78 is 0. The Morgan fingerprint density at radius 3 is 2.91 bits per heavy atom. The van der Waals surface area contributed by atoms with Crippen LogP contribution in [0.3, 0.4) is 0 Å². The summed E-state index contributed by atoms with van der Waals surface area (Å²) >= 11 is 1.75. The molecule has 0 radical (unpaired) electrons. The standard InChI is InChI=1S/C16H27N5S/c1-13-9-18-15(22-13)10-19-16(17-2)21-8-5-14(12-21)11-20-6-3-4-7-20/h9,14H,3-8,10-12H2,1-2H3,(H,17,19). The van der Waals surface area contributed by atoms with E-state index in [1.54, 1.807) is 11.3 Å². The van der Waals surface area contributed by atoms with Crippen LogP contribution in [0.1, 0.15) is 29.1 Å². The van der Waals surface area contributed by atoms with Crippen LogP contribution in [0.25, 0.3) is 0 Å². The monoisotopic (exact) mass is 321 g/mol. The van der Waals surface area contributed by atoms with Crippen LogP contribution in [0.2, 0.25) is 0 Å². The molecule has 2 aliphatic rings.